The van der Waals surface area contributed by atoms with Crippen molar-refractivity contribution in [2.24, 2.45) is 5.73 Å². The standard InChI is InChI=1S/C24H24N4O3S/c1-30-22-13-19-17(12-18(22)23(25)29)21(8-9-26-19)31-16-6-7-20-14(11-16)3-2-10-28(20)24(32)27-15-4-5-15/h6-9,11-13,15H,2-5,10H2,1H3,(H2,25,29)(H,27,32). The zero-order chi connectivity index (χ0) is 22.2. The highest BCUT2D eigenvalue weighted by Crippen LogP contribution is 2.36. The Labute approximate surface area is 191 Å². The number of rotatable bonds is 5. The number of pyridine rings is 1. The Hall–Kier alpha value is -3.39. The summed E-state index contributed by atoms with van der Waals surface area (Å²) in [6.45, 7) is 0.915. The molecule has 0 saturated heterocycles. The van der Waals surface area contributed by atoms with E-state index < -0.39 is 5.91 Å². The van der Waals surface area contributed by atoms with Gasteiger partial charge in [0, 0.05) is 35.9 Å². The molecule has 0 spiro atoms. The smallest absolute Gasteiger partial charge is 0.252 e. The van der Waals surface area contributed by atoms with Gasteiger partial charge in [-0.2, -0.15) is 0 Å². The summed E-state index contributed by atoms with van der Waals surface area (Å²) < 4.78 is 11.5. The number of nitrogens with two attached hydrogens (primary N) is 1. The number of hydrogen-bond acceptors (Lipinski definition) is 5. The Balaban J connectivity index is 1.46. The predicted molar refractivity (Wildman–Crippen MR) is 128 cm³/mol. The third-order valence-corrected chi connectivity index (χ3v) is 6.17. The normalized spacial score (nSPS) is 15.2. The first-order chi connectivity index (χ1) is 15.5. The molecule has 3 N–H and O–H groups in total. The predicted octanol–water partition coefficient (Wildman–Crippen LogP) is 3.92. The number of methoxy groups -OCH3 is 1. The van der Waals surface area contributed by atoms with E-state index in [0.29, 0.717) is 28.4 Å². The number of hydrogen-bond donors (Lipinski definition) is 2. The van der Waals surface area contributed by atoms with Crippen LogP contribution in [0.25, 0.3) is 10.9 Å². The van der Waals surface area contributed by atoms with Crippen molar-refractivity contribution in [2.75, 3.05) is 18.6 Å². The van der Waals surface area contributed by atoms with Crippen molar-refractivity contribution < 1.29 is 14.3 Å². The number of anilines is 1. The van der Waals surface area contributed by atoms with E-state index in [-0.39, 0.29) is 5.56 Å². The van der Waals surface area contributed by atoms with Crippen LogP contribution in [0.2, 0.25) is 0 Å². The number of primary amides is 1. The van der Waals surface area contributed by atoms with Crippen LogP contribution in [-0.4, -0.2) is 35.7 Å². The molecule has 0 radical (unpaired) electrons. The van der Waals surface area contributed by atoms with Gasteiger partial charge in [-0.3, -0.25) is 9.78 Å². The summed E-state index contributed by atoms with van der Waals surface area (Å²) in [6.07, 6.45) is 6.05. The second-order valence-electron chi connectivity index (χ2n) is 8.11. The monoisotopic (exact) mass is 448 g/mol. The summed E-state index contributed by atoms with van der Waals surface area (Å²) in [5.74, 6) is 1.14. The van der Waals surface area contributed by atoms with E-state index >= 15 is 0 Å². The van der Waals surface area contributed by atoms with Crippen LogP contribution in [0.15, 0.2) is 42.6 Å². The van der Waals surface area contributed by atoms with Crippen LogP contribution in [0.5, 0.6) is 17.2 Å². The molecule has 1 aliphatic carbocycles. The first-order valence-electron chi connectivity index (χ1n) is 10.7. The lowest BCUT2D eigenvalue weighted by Gasteiger charge is -2.32. The van der Waals surface area contributed by atoms with Gasteiger partial charge < -0.3 is 25.4 Å². The Morgan fingerprint density at radius 3 is 2.81 bits per heavy atom. The molecule has 8 heteroatoms. The van der Waals surface area contributed by atoms with Gasteiger partial charge in [0.25, 0.3) is 5.91 Å². The van der Waals surface area contributed by atoms with E-state index in [1.807, 2.05) is 6.07 Å². The number of thiocarbonyl (C=S) groups is 1. The average Bonchev–Trinajstić information content (AvgIpc) is 3.61. The van der Waals surface area contributed by atoms with E-state index in [1.165, 1.54) is 25.5 Å². The number of fused-ring (bicyclic) bond motifs is 2. The fourth-order valence-electron chi connectivity index (χ4n) is 4.05. The highest BCUT2D eigenvalue weighted by atomic mass is 32.1. The van der Waals surface area contributed by atoms with Crippen molar-refractivity contribution in [3.8, 4) is 17.2 Å². The Bertz CT molecular complexity index is 1230. The van der Waals surface area contributed by atoms with Crippen LogP contribution in [0, 0.1) is 0 Å². The lowest BCUT2D eigenvalue weighted by molar-refractivity contribution is 0.0997. The number of benzene rings is 2. The van der Waals surface area contributed by atoms with Gasteiger partial charge in [0.05, 0.1) is 18.2 Å². The lowest BCUT2D eigenvalue weighted by Crippen LogP contribution is -2.43. The zero-order valence-corrected chi connectivity index (χ0v) is 18.6. The minimum absolute atomic E-state index is 0.288. The van der Waals surface area contributed by atoms with Gasteiger partial charge in [0.15, 0.2) is 5.11 Å². The molecule has 1 aliphatic heterocycles. The molecule has 1 saturated carbocycles. The first kappa shape index (κ1) is 20.5. The molecule has 164 valence electrons. The van der Waals surface area contributed by atoms with E-state index in [9.17, 15) is 4.79 Å². The third kappa shape index (κ3) is 3.93. The topological polar surface area (TPSA) is 89.7 Å². The lowest BCUT2D eigenvalue weighted by atomic mass is 10.0. The van der Waals surface area contributed by atoms with E-state index in [1.54, 1.807) is 24.4 Å². The highest BCUT2D eigenvalue weighted by molar-refractivity contribution is 7.80. The van der Waals surface area contributed by atoms with Crippen LogP contribution in [0.4, 0.5) is 5.69 Å². The van der Waals surface area contributed by atoms with Crippen LogP contribution in [0.3, 0.4) is 0 Å². The van der Waals surface area contributed by atoms with Crippen LogP contribution >= 0.6 is 12.2 Å². The summed E-state index contributed by atoms with van der Waals surface area (Å²) >= 11 is 5.64. The van der Waals surface area contributed by atoms with Crippen molar-refractivity contribution in [1.29, 1.82) is 0 Å². The third-order valence-electron chi connectivity index (χ3n) is 5.84. The molecular weight excluding hydrogens is 424 g/mol. The van der Waals surface area contributed by atoms with Gasteiger partial charge >= 0.3 is 0 Å². The van der Waals surface area contributed by atoms with Crippen molar-refractivity contribution in [3.05, 3.63) is 53.7 Å². The Kier molecular flexibility index (Phi) is 5.30. The first-order valence-corrected chi connectivity index (χ1v) is 11.1. The molecule has 2 aliphatic rings. The minimum atomic E-state index is -0.566. The Morgan fingerprint density at radius 1 is 1.22 bits per heavy atom. The molecular formula is C24H24N4O3S. The van der Waals surface area contributed by atoms with Crippen molar-refractivity contribution in [1.82, 2.24) is 10.3 Å². The molecule has 7 nitrogen and oxygen atoms in total. The van der Waals surface area contributed by atoms with E-state index in [4.69, 9.17) is 27.4 Å². The summed E-state index contributed by atoms with van der Waals surface area (Å²) in [7, 11) is 1.50. The van der Waals surface area contributed by atoms with Gasteiger partial charge in [-0.25, -0.2) is 0 Å². The molecule has 1 aromatic heterocycles. The molecule has 2 aromatic carbocycles. The molecule has 5 rings (SSSR count). The maximum atomic E-state index is 11.9. The van der Waals surface area contributed by atoms with Crippen LogP contribution < -0.4 is 25.4 Å². The SMILES string of the molecule is COc1cc2nccc(Oc3ccc4c(c3)CCCN4C(=S)NC3CC3)c2cc1C(N)=O. The summed E-state index contributed by atoms with van der Waals surface area (Å²) in [5, 5.41) is 4.93. The molecule has 0 unspecified atom stereocenters. The molecule has 32 heavy (non-hydrogen) atoms. The number of carbonyl (C=O) groups is 1. The van der Waals surface area contributed by atoms with E-state index in [0.717, 1.165) is 35.9 Å². The van der Waals surface area contributed by atoms with Gasteiger partial charge in [-0.1, -0.05) is 0 Å². The number of aromatic nitrogens is 1. The molecule has 2 heterocycles. The zero-order valence-electron chi connectivity index (χ0n) is 17.8. The largest absolute Gasteiger partial charge is 0.496 e. The molecule has 0 atom stereocenters. The number of ether oxygens (including phenoxy) is 2. The van der Waals surface area contributed by atoms with Gasteiger partial charge in [-0.05, 0) is 73.8 Å². The van der Waals surface area contributed by atoms with Gasteiger partial charge in [-0.15, -0.1) is 0 Å². The number of nitrogens with one attached hydrogen (secondary N) is 1. The molecule has 3 aromatic rings. The molecule has 1 fully saturated rings. The number of amides is 1. The summed E-state index contributed by atoms with van der Waals surface area (Å²) in [4.78, 5) is 18.4. The highest BCUT2D eigenvalue weighted by Gasteiger charge is 2.27. The van der Waals surface area contributed by atoms with Crippen molar-refractivity contribution >= 4 is 39.8 Å². The van der Waals surface area contributed by atoms with Crippen molar-refractivity contribution in [3.63, 3.8) is 0 Å². The fourth-order valence-corrected chi connectivity index (χ4v) is 4.41. The maximum Gasteiger partial charge on any atom is 0.252 e. The quantitative estimate of drug-likeness (QED) is 0.572. The average molecular weight is 449 g/mol. The van der Waals surface area contributed by atoms with Gasteiger partial charge in [0.1, 0.15) is 17.2 Å². The van der Waals surface area contributed by atoms with Crippen LogP contribution in [-0.2, 0) is 6.42 Å². The number of carbonyl (C=O) groups excluding carboxylic acids is 1. The maximum absolute atomic E-state index is 11.9. The van der Waals surface area contributed by atoms with Crippen molar-refractivity contribution in [2.45, 2.75) is 31.7 Å². The Morgan fingerprint density at radius 2 is 2.06 bits per heavy atom. The summed E-state index contributed by atoms with van der Waals surface area (Å²) in [5.41, 5.74) is 8.80. The second-order valence-corrected chi connectivity index (χ2v) is 8.50. The summed E-state index contributed by atoms with van der Waals surface area (Å²) in [6, 6.07) is 11.7. The number of nitrogens with zero attached hydrogens (tertiary/aromatic N) is 2. The van der Waals surface area contributed by atoms with E-state index in [2.05, 4.69) is 27.3 Å². The van der Waals surface area contributed by atoms with Gasteiger partial charge in [0.2, 0.25) is 0 Å². The minimum Gasteiger partial charge on any atom is -0.496 e. The van der Waals surface area contributed by atoms with Crippen LogP contribution in [0.1, 0.15) is 35.2 Å². The fraction of sp³-hybridized carbons (Fsp3) is 0.292. The number of aryl methyl sites for hydroxylation is 1. The molecule has 1 amide bonds. The second kappa shape index (κ2) is 8.27. The molecule has 0 bridgehead atoms.